The highest BCUT2D eigenvalue weighted by Gasteiger charge is 2.10. The summed E-state index contributed by atoms with van der Waals surface area (Å²) in [5.74, 6) is 1.57. The van der Waals surface area contributed by atoms with Gasteiger partial charge in [-0.25, -0.2) is 4.98 Å². The molecule has 0 aliphatic heterocycles. The molecule has 1 N–H and O–H groups in total. The number of nitrogens with zero attached hydrogens (tertiary/aromatic N) is 3. The molecule has 25 heavy (non-hydrogen) atoms. The standard InChI is InChI=1S/C21H24N4/c1-4-25(15-18-11-6-5-7-12-18)20-14-17(3)22-21(24-20)23-19-13-9-8-10-16(19)2/h5-14H,4,15H2,1-3H3,(H,22,23,24). The SMILES string of the molecule is CCN(Cc1ccccc1)c1cc(C)nc(Nc2ccccc2C)n1. The lowest BCUT2D eigenvalue weighted by Crippen LogP contribution is -2.23. The second-order valence-corrected chi connectivity index (χ2v) is 6.13. The van der Waals surface area contributed by atoms with Gasteiger partial charge in [0.2, 0.25) is 5.95 Å². The van der Waals surface area contributed by atoms with Crippen LogP contribution in [-0.2, 0) is 6.54 Å². The molecular weight excluding hydrogens is 308 g/mol. The Morgan fingerprint density at radius 1 is 0.920 bits per heavy atom. The number of rotatable bonds is 6. The first-order chi connectivity index (χ1) is 12.2. The molecule has 0 spiro atoms. The van der Waals surface area contributed by atoms with Crippen LogP contribution >= 0.6 is 0 Å². The van der Waals surface area contributed by atoms with Gasteiger partial charge in [0.25, 0.3) is 0 Å². The average Bonchev–Trinajstić information content (AvgIpc) is 2.62. The summed E-state index contributed by atoms with van der Waals surface area (Å²) in [6.07, 6.45) is 0. The van der Waals surface area contributed by atoms with Crippen LogP contribution in [0, 0.1) is 13.8 Å². The Kier molecular flexibility index (Phi) is 5.29. The minimum atomic E-state index is 0.635. The van der Waals surface area contributed by atoms with Crippen LogP contribution in [0.15, 0.2) is 60.7 Å². The third kappa shape index (κ3) is 4.35. The Balaban J connectivity index is 1.86. The minimum Gasteiger partial charge on any atom is -0.352 e. The number of hydrogen-bond donors (Lipinski definition) is 1. The molecule has 0 bridgehead atoms. The predicted molar refractivity (Wildman–Crippen MR) is 104 cm³/mol. The fraction of sp³-hybridized carbons (Fsp3) is 0.238. The summed E-state index contributed by atoms with van der Waals surface area (Å²) >= 11 is 0. The van der Waals surface area contributed by atoms with E-state index in [1.165, 1.54) is 11.1 Å². The van der Waals surface area contributed by atoms with E-state index in [0.29, 0.717) is 5.95 Å². The van der Waals surface area contributed by atoms with E-state index in [1.54, 1.807) is 0 Å². The Morgan fingerprint density at radius 2 is 1.64 bits per heavy atom. The lowest BCUT2D eigenvalue weighted by Gasteiger charge is -2.23. The normalized spacial score (nSPS) is 10.5. The molecule has 4 heteroatoms. The van der Waals surface area contributed by atoms with Crippen molar-refractivity contribution in [3.8, 4) is 0 Å². The van der Waals surface area contributed by atoms with E-state index in [4.69, 9.17) is 4.98 Å². The van der Waals surface area contributed by atoms with E-state index in [-0.39, 0.29) is 0 Å². The molecule has 0 atom stereocenters. The number of anilines is 3. The summed E-state index contributed by atoms with van der Waals surface area (Å²) in [6, 6.07) is 20.7. The highest BCUT2D eigenvalue weighted by Crippen LogP contribution is 2.21. The third-order valence-electron chi connectivity index (χ3n) is 4.15. The lowest BCUT2D eigenvalue weighted by molar-refractivity contribution is 0.809. The first-order valence-corrected chi connectivity index (χ1v) is 8.63. The van der Waals surface area contributed by atoms with Gasteiger partial charge >= 0.3 is 0 Å². The van der Waals surface area contributed by atoms with Gasteiger partial charge in [0.1, 0.15) is 5.82 Å². The zero-order valence-electron chi connectivity index (χ0n) is 15.0. The maximum absolute atomic E-state index is 4.74. The van der Waals surface area contributed by atoms with Crippen molar-refractivity contribution in [1.29, 1.82) is 0 Å². The van der Waals surface area contributed by atoms with Gasteiger partial charge < -0.3 is 10.2 Å². The Labute approximate surface area is 149 Å². The molecule has 0 unspecified atom stereocenters. The van der Waals surface area contributed by atoms with Crippen molar-refractivity contribution in [1.82, 2.24) is 9.97 Å². The van der Waals surface area contributed by atoms with E-state index in [9.17, 15) is 0 Å². The average molecular weight is 332 g/mol. The number of para-hydroxylation sites is 1. The van der Waals surface area contributed by atoms with Gasteiger partial charge in [-0.2, -0.15) is 4.98 Å². The number of hydrogen-bond acceptors (Lipinski definition) is 4. The van der Waals surface area contributed by atoms with E-state index < -0.39 is 0 Å². The molecule has 1 aromatic heterocycles. The summed E-state index contributed by atoms with van der Waals surface area (Å²) < 4.78 is 0. The van der Waals surface area contributed by atoms with Gasteiger partial charge in [0, 0.05) is 30.5 Å². The second kappa shape index (κ2) is 7.79. The molecule has 3 aromatic rings. The predicted octanol–water partition coefficient (Wildman–Crippen LogP) is 4.86. The molecular formula is C21H24N4. The summed E-state index contributed by atoms with van der Waals surface area (Å²) in [7, 11) is 0. The zero-order valence-corrected chi connectivity index (χ0v) is 15.0. The van der Waals surface area contributed by atoms with Crippen molar-refractivity contribution in [2.75, 3.05) is 16.8 Å². The Bertz CT molecular complexity index is 830. The number of aromatic nitrogens is 2. The lowest BCUT2D eigenvalue weighted by atomic mass is 10.2. The Morgan fingerprint density at radius 3 is 2.36 bits per heavy atom. The van der Waals surface area contributed by atoms with Crippen LogP contribution in [0.25, 0.3) is 0 Å². The summed E-state index contributed by atoms with van der Waals surface area (Å²) in [4.78, 5) is 11.5. The molecule has 1 heterocycles. The van der Waals surface area contributed by atoms with Crippen LogP contribution in [-0.4, -0.2) is 16.5 Å². The van der Waals surface area contributed by atoms with Gasteiger partial charge in [-0.15, -0.1) is 0 Å². The minimum absolute atomic E-state index is 0.635. The van der Waals surface area contributed by atoms with Gasteiger partial charge in [0.15, 0.2) is 0 Å². The summed E-state index contributed by atoms with van der Waals surface area (Å²) in [6.45, 7) is 7.94. The molecule has 0 saturated heterocycles. The zero-order chi connectivity index (χ0) is 17.6. The monoisotopic (exact) mass is 332 g/mol. The van der Waals surface area contributed by atoms with Crippen molar-refractivity contribution >= 4 is 17.5 Å². The van der Waals surface area contributed by atoms with Gasteiger partial charge in [-0.1, -0.05) is 48.5 Å². The molecule has 0 amide bonds. The second-order valence-electron chi connectivity index (χ2n) is 6.13. The maximum Gasteiger partial charge on any atom is 0.229 e. The fourth-order valence-corrected chi connectivity index (χ4v) is 2.76. The summed E-state index contributed by atoms with van der Waals surface area (Å²) in [5, 5.41) is 3.35. The van der Waals surface area contributed by atoms with Crippen molar-refractivity contribution in [3.63, 3.8) is 0 Å². The largest absolute Gasteiger partial charge is 0.352 e. The van der Waals surface area contributed by atoms with Crippen molar-refractivity contribution in [3.05, 3.63) is 77.5 Å². The first kappa shape index (κ1) is 17.0. The van der Waals surface area contributed by atoms with Gasteiger partial charge in [0.05, 0.1) is 0 Å². The van der Waals surface area contributed by atoms with Crippen molar-refractivity contribution < 1.29 is 0 Å². The number of nitrogens with one attached hydrogen (secondary N) is 1. The van der Waals surface area contributed by atoms with Crippen LogP contribution in [0.4, 0.5) is 17.5 Å². The van der Waals surface area contributed by atoms with Gasteiger partial charge in [-0.3, -0.25) is 0 Å². The molecule has 0 fully saturated rings. The van der Waals surface area contributed by atoms with Crippen molar-refractivity contribution in [2.45, 2.75) is 27.3 Å². The highest BCUT2D eigenvalue weighted by molar-refractivity contribution is 5.59. The molecule has 0 aliphatic rings. The van der Waals surface area contributed by atoms with E-state index in [2.05, 4.69) is 59.4 Å². The molecule has 3 rings (SSSR count). The molecule has 128 valence electrons. The van der Waals surface area contributed by atoms with E-state index in [0.717, 1.165) is 30.3 Å². The van der Waals surface area contributed by atoms with E-state index in [1.807, 2.05) is 37.3 Å². The first-order valence-electron chi connectivity index (χ1n) is 8.63. The molecule has 0 saturated carbocycles. The van der Waals surface area contributed by atoms with Crippen LogP contribution < -0.4 is 10.2 Å². The smallest absolute Gasteiger partial charge is 0.229 e. The fourth-order valence-electron chi connectivity index (χ4n) is 2.76. The highest BCUT2D eigenvalue weighted by atomic mass is 15.2. The molecule has 4 nitrogen and oxygen atoms in total. The molecule has 0 radical (unpaired) electrons. The Hall–Kier alpha value is -2.88. The van der Waals surface area contributed by atoms with Crippen LogP contribution in [0.1, 0.15) is 23.7 Å². The van der Waals surface area contributed by atoms with Crippen LogP contribution in [0.3, 0.4) is 0 Å². The number of aryl methyl sites for hydroxylation is 2. The van der Waals surface area contributed by atoms with Crippen LogP contribution in [0.2, 0.25) is 0 Å². The van der Waals surface area contributed by atoms with Crippen LogP contribution in [0.5, 0.6) is 0 Å². The van der Waals surface area contributed by atoms with E-state index >= 15 is 0 Å². The third-order valence-corrected chi connectivity index (χ3v) is 4.15. The number of benzene rings is 2. The van der Waals surface area contributed by atoms with Gasteiger partial charge in [-0.05, 0) is 38.0 Å². The quantitative estimate of drug-likeness (QED) is 0.699. The summed E-state index contributed by atoms with van der Waals surface area (Å²) in [5.41, 5.74) is 4.43. The topological polar surface area (TPSA) is 41.1 Å². The van der Waals surface area contributed by atoms with Crippen molar-refractivity contribution in [2.24, 2.45) is 0 Å². The molecule has 2 aromatic carbocycles. The molecule has 0 aliphatic carbocycles. The maximum atomic E-state index is 4.74.